The molecule has 0 unspecified atom stereocenters. The van der Waals surface area contributed by atoms with Crippen LogP contribution in [-0.2, 0) is 11.3 Å². The van der Waals surface area contributed by atoms with Crippen molar-refractivity contribution in [3.05, 3.63) is 60.1 Å². The Hall–Kier alpha value is -2.11. The maximum Gasteiger partial charge on any atom is 0.254 e. The van der Waals surface area contributed by atoms with Gasteiger partial charge in [0.25, 0.3) is 5.91 Å². The van der Waals surface area contributed by atoms with E-state index >= 15 is 0 Å². The van der Waals surface area contributed by atoms with E-state index in [-0.39, 0.29) is 12.0 Å². The number of hydrogen-bond acceptors (Lipinski definition) is 4. The van der Waals surface area contributed by atoms with Gasteiger partial charge in [-0.3, -0.25) is 9.69 Å². The summed E-state index contributed by atoms with van der Waals surface area (Å²) in [7, 11) is 0. The topological polar surface area (TPSA) is 54.7 Å². The largest absolute Gasteiger partial charge is 0.472 e. The first-order valence-electron chi connectivity index (χ1n) is 7.49. The van der Waals surface area contributed by atoms with Crippen molar-refractivity contribution in [3.8, 4) is 0 Å². The third kappa shape index (κ3) is 3.96. The molecule has 1 amide bonds. The summed E-state index contributed by atoms with van der Waals surface area (Å²) in [6, 6.07) is 12.0. The molecule has 1 fully saturated rings. The molecular weight excluding hydrogens is 280 g/mol. The molecule has 3 rings (SSSR count). The predicted octanol–water partition coefficient (Wildman–Crippen LogP) is 1.91. The lowest BCUT2D eigenvalue weighted by Crippen LogP contribution is -2.47. The molecule has 0 bridgehead atoms. The summed E-state index contributed by atoms with van der Waals surface area (Å²) < 4.78 is 10.6. The lowest BCUT2D eigenvalue weighted by molar-refractivity contribution is -0.0292. The van der Waals surface area contributed by atoms with Gasteiger partial charge in [0.1, 0.15) is 6.26 Å². The van der Waals surface area contributed by atoms with E-state index in [9.17, 15) is 4.79 Å². The van der Waals surface area contributed by atoms with Crippen LogP contribution in [0.5, 0.6) is 0 Å². The summed E-state index contributed by atoms with van der Waals surface area (Å²) in [5.41, 5.74) is 1.84. The smallest absolute Gasteiger partial charge is 0.254 e. The van der Waals surface area contributed by atoms with Gasteiger partial charge in [0.05, 0.1) is 24.5 Å². The van der Waals surface area contributed by atoms with Gasteiger partial charge >= 0.3 is 0 Å². The number of hydrogen-bond donors (Lipinski definition) is 1. The van der Waals surface area contributed by atoms with Crippen LogP contribution in [0.2, 0.25) is 0 Å². The third-order valence-electron chi connectivity index (χ3n) is 3.75. The summed E-state index contributed by atoms with van der Waals surface area (Å²) in [6.45, 7) is 3.85. The molecule has 1 aromatic heterocycles. The van der Waals surface area contributed by atoms with E-state index in [0.717, 1.165) is 19.6 Å². The summed E-state index contributed by atoms with van der Waals surface area (Å²) in [5, 5.41) is 2.89. The Bertz CT molecular complexity index is 583. The van der Waals surface area contributed by atoms with E-state index in [0.29, 0.717) is 18.7 Å². The molecule has 116 valence electrons. The fourth-order valence-electron chi connectivity index (χ4n) is 2.59. The van der Waals surface area contributed by atoms with Gasteiger partial charge in [-0.1, -0.05) is 30.3 Å². The minimum Gasteiger partial charge on any atom is -0.472 e. The van der Waals surface area contributed by atoms with Crippen LogP contribution in [-0.4, -0.2) is 43.2 Å². The second kappa shape index (κ2) is 7.24. The Kier molecular flexibility index (Phi) is 4.88. The number of carbonyl (C=O) groups excluding carboxylic acids is 1. The highest BCUT2D eigenvalue weighted by atomic mass is 16.5. The number of nitrogens with zero attached hydrogens (tertiary/aromatic N) is 1. The molecule has 1 N–H and O–H groups in total. The molecule has 1 aliphatic rings. The zero-order valence-electron chi connectivity index (χ0n) is 12.4. The first kappa shape index (κ1) is 14.8. The lowest BCUT2D eigenvalue weighted by Gasteiger charge is -2.33. The minimum atomic E-state index is -0.127. The van der Waals surface area contributed by atoms with Gasteiger partial charge < -0.3 is 14.5 Å². The standard InChI is InChI=1S/C17H20N2O3/c20-17(15-6-8-21-13-15)18-10-16-12-19(7-9-22-16)11-14-4-2-1-3-5-14/h1-6,8,13,16H,7,9-12H2,(H,18,20)/t16-/m1/s1. The first-order valence-corrected chi connectivity index (χ1v) is 7.49. The molecule has 0 saturated carbocycles. The van der Waals surface area contributed by atoms with Crippen LogP contribution in [0.25, 0.3) is 0 Å². The lowest BCUT2D eigenvalue weighted by atomic mass is 10.2. The van der Waals surface area contributed by atoms with Gasteiger partial charge in [-0.2, -0.15) is 0 Å². The van der Waals surface area contributed by atoms with Crippen molar-refractivity contribution in [1.29, 1.82) is 0 Å². The highest BCUT2D eigenvalue weighted by Gasteiger charge is 2.21. The summed E-state index contributed by atoms with van der Waals surface area (Å²) in [5.74, 6) is -0.127. The molecule has 2 aromatic rings. The molecule has 22 heavy (non-hydrogen) atoms. The van der Waals surface area contributed by atoms with Gasteiger partial charge in [0.15, 0.2) is 0 Å². The highest BCUT2D eigenvalue weighted by Crippen LogP contribution is 2.10. The fourth-order valence-corrected chi connectivity index (χ4v) is 2.59. The number of amides is 1. The molecule has 2 heterocycles. The zero-order chi connectivity index (χ0) is 15.2. The van der Waals surface area contributed by atoms with Crippen molar-refractivity contribution in [3.63, 3.8) is 0 Å². The van der Waals surface area contributed by atoms with Gasteiger partial charge in [-0.25, -0.2) is 0 Å². The van der Waals surface area contributed by atoms with Crippen LogP contribution >= 0.6 is 0 Å². The van der Waals surface area contributed by atoms with Crippen molar-refractivity contribution in [1.82, 2.24) is 10.2 Å². The number of carbonyl (C=O) groups is 1. The molecule has 1 aromatic carbocycles. The Labute approximate surface area is 129 Å². The monoisotopic (exact) mass is 300 g/mol. The van der Waals surface area contributed by atoms with E-state index in [1.54, 1.807) is 6.07 Å². The number of benzene rings is 1. The van der Waals surface area contributed by atoms with E-state index in [1.807, 2.05) is 6.07 Å². The number of morpholine rings is 1. The first-order chi connectivity index (χ1) is 10.8. The van der Waals surface area contributed by atoms with Crippen molar-refractivity contribution < 1.29 is 13.9 Å². The van der Waals surface area contributed by atoms with E-state index in [1.165, 1.54) is 18.1 Å². The Morgan fingerprint density at radius 2 is 2.14 bits per heavy atom. The fraction of sp³-hybridized carbons (Fsp3) is 0.353. The quantitative estimate of drug-likeness (QED) is 0.916. The normalized spacial score (nSPS) is 19.0. The van der Waals surface area contributed by atoms with Crippen LogP contribution in [0.15, 0.2) is 53.3 Å². The maximum atomic E-state index is 11.9. The number of furan rings is 1. The predicted molar refractivity (Wildman–Crippen MR) is 82.5 cm³/mol. The van der Waals surface area contributed by atoms with Gasteiger partial charge in [-0.05, 0) is 11.6 Å². The molecule has 5 heteroatoms. The van der Waals surface area contributed by atoms with Crippen LogP contribution < -0.4 is 5.32 Å². The molecular formula is C17H20N2O3. The van der Waals surface area contributed by atoms with Crippen molar-refractivity contribution in [2.24, 2.45) is 0 Å². The molecule has 0 aliphatic carbocycles. The summed E-state index contributed by atoms with van der Waals surface area (Å²) >= 11 is 0. The number of nitrogens with one attached hydrogen (secondary N) is 1. The number of ether oxygens (including phenoxy) is 1. The third-order valence-corrected chi connectivity index (χ3v) is 3.75. The van der Waals surface area contributed by atoms with Crippen LogP contribution in [0, 0.1) is 0 Å². The highest BCUT2D eigenvalue weighted by molar-refractivity contribution is 5.93. The molecule has 1 aliphatic heterocycles. The van der Waals surface area contributed by atoms with Crippen molar-refractivity contribution in [2.45, 2.75) is 12.6 Å². The van der Waals surface area contributed by atoms with Crippen LogP contribution in [0.4, 0.5) is 0 Å². The molecule has 1 atom stereocenters. The van der Waals surface area contributed by atoms with Gasteiger partial charge in [0, 0.05) is 26.2 Å². The van der Waals surface area contributed by atoms with Gasteiger partial charge in [0.2, 0.25) is 0 Å². The van der Waals surface area contributed by atoms with Crippen LogP contribution in [0.3, 0.4) is 0 Å². The van der Waals surface area contributed by atoms with E-state index in [2.05, 4.69) is 34.5 Å². The Morgan fingerprint density at radius 1 is 1.27 bits per heavy atom. The number of rotatable bonds is 5. The minimum absolute atomic E-state index is 0.0216. The SMILES string of the molecule is O=C(NC[C@@H]1CN(Cc2ccccc2)CCO1)c1ccoc1. The van der Waals surface area contributed by atoms with Crippen molar-refractivity contribution in [2.75, 3.05) is 26.2 Å². The average Bonchev–Trinajstić information content (AvgIpc) is 3.08. The average molecular weight is 300 g/mol. The summed E-state index contributed by atoms with van der Waals surface area (Å²) in [6.07, 6.45) is 2.96. The summed E-state index contributed by atoms with van der Waals surface area (Å²) in [4.78, 5) is 14.2. The zero-order valence-corrected chi connectivity index (χ0v) is 12.4. The van der Waals surface area contributed by atoms with E-state index < -0.39 is 0 Å². The molecule has 1 saturated heterocycles. The molecule has 0 radical (unpaired) electrons. The molecule has 5 nitrogen and oxygen atoms in total. The maximum absolute atomic E-state index is 11.9. The Balaban J connectivity index is 1.47. The van der Waals surface area contributed by atoms with Crippen molar-refractivity contribution >= 4 is 5.91 Å². The second-order valence-corrected chi connectivity index (χ2v) is 5.44. The second-order valence-electron chi connectivity index (χ2n) is 5.44. The van der Waals surface area contributed by atoms with Crippen LogP contribution in [0.1, 0.15) is 15.9 Å². The van der Waals surface area contributed by atoms with E-state index in [4.69, 9.17) is 9.15 Å². The molecule has 0 spiro atoms. The van der Waals surface area contributed by atoms with Gasteiger partial charge in [-0.15, -0.1) is 0 Å². The Morgan fingerprint density at radius 3 is 2.91 bits per heavy atom.